The largest absolute Gasteiger partial charge is 0.487 e. The summed E-state index contributed by atoms with van der Waals surface area (Å²) in [6.07, 6.45) is 6.68. The Bertz CT molecular complexity index is 466. The van der Waals surface area contributed by atoms with Crippen molar-refractivity contribution in [3.05, 3.63) is 29.6 Å². The molecule has 1 atom stereocenters. The number of hydrogen-bond acceptors (Lipinski definition) is 2. The maximum atomic E-state index is 13.3. The van der Waals surface area contributed by atoms with Crippen LogP contribution in [0, 0.1) is 11.7 Å². The van der Waals surface area contributed by atoms with Crippen LogP contribution in [0.5, 0.6) is 5.75 Å². The standard InChI is InChI=1S/C16H22FNO/c1-2-11-5-7-16(8-6-11)10-14(18)13-9-12(17)3-4-15(13)19-16/h3-4,9,11,14H,2,5-8,10,18H2,1H3/t11?,14-,16?/m0/s1. The van der Waals surface area contributed by atoms with Crippen molar-refractivity contribution in [3.63, 3.8) is 0 Å². The lowest BCUT2D eigenvalue weighted by Gasteiger charge is -2.45. The van der Waals surface area contributed by atoms with Crippen molar-refractivity contribution in [1.29, 1.82) is 0 Å². The van der Waals surface area contributed by atoms with Gasteiger partial charge in [0.2, 0.25) is 0 Å². The Morgan fingerprint density at radius 2 is 2.11 bits per heavy atom. The van der Waals surface area contributed by atoms with Gasteiger partial charge in [0.1, 0.15) is 17.2 Å². The van der Waals surface area contributed by atoms with Gasteiger partial charge in [-0.3, -0.25) is 0 Å². The van der Waals surface area contributed by atoms with Crippen molar-refractivity contribution in [2.75, 3.05) is 0 Å². The van der Waals surface area contributed by atoms with Crippen LogP contribution in [0.4, 0.5) is 4.39 Å². The van der Waals surface area contributed by atoms with Crippen LogP contribution in [0.2, 0.25) is 0 Å². The lowest BCUT2D eigenvalue weighted by molar-refractivity contribution is -0.0111. The Balaban J connectivity index is 1.83. The SMILES string of the molecule is CCC1CCC2(CC1)C[C@H](N)c1cc(F)ccc1O2. The van der Waals surface area contributed by atoms with Gasteiger partial charge >= 0.3 is 0 Å². The van der Waals surface area contributed by atoms with Crippen molar-refractivity contribution in [1.82, 2.24) is 0 Å². The Kier molecular flexibility index (Phi) is 3.25. The number of halogens is 1. The number of fused-ring (bicyclic) bond motifs is 1. The normalized spacial score (nSPS) is 33.8. The molecule has 0 saturated heterocycles. The molecule has 3 rings (SSSR count). The zero-order valence-corrected chi connectivity index (χ0v) is 11.5. The highest BCUT2D eigenvalue weighted by Crippen LogP contribution is 2.46. The van der Waals surface area contributed by atoms with Gasteiger partial charge in [0.15, 0.2) is 0 Å². The quantitative estimate of drug-likeness (QED) is 0.832. The lowest BCUT2D eigenvalue weighted by atomic mass is 9.73. The molecule has 1 aromatic carbocycles. The summed E-state index contributed by atoms with van der Waals surface area (Å²) in [5, 5.41) is 0. The molecule has 1 spiro atoms. The third-order valence-electron chi connectivity index (χ3n) is 4.88. The number of nitrogens with two attached hydrogens (primary N) is 1. The first-order valence-corrected chi connectivity index (χ1v) is 7.36. The maximum Gasteiger partial charge on any atom is 0.125 e. The molecule has 2 N–H and O–H groups in total. The molecule has 1 heterocycles. The molecule has 19 heavy (non-hydrogen) atoms. The number of benzene rings is 1. The van der Waals surface area contributed by atoms with E-state index < -0.39 is 0 Å². The van der Waals surface area contributed by atoms with E-state index >= 15 is 0 Å². The van der Waals surface area contributed by atoms with Crippen LogP contribution < -0.4 is 10.5 Å². The van der Waals surface area contributed by atoms with Gasteiger partial charge in [-0.25, -0.2) is 4.39 Å². The van der Waals surface area contributed by atoms with Crippen LogP contribution in [0.15, 0.2) is 18.2 Å². The monoisotopic (exact) mass is 263 g/mol. The first kappa shape index (κ1) is 12.9. The maximum absolute atomic E-state index is 13.3. The molecule has 1 aliphatic heterocycles. The van der Waals surface area contributed by atoms with Gasteiger partial charge in [-0.05, 0) is 49.8 Å². The van der Waals surface area contributed by atoms with E-state index in [1.165, 1.54) is 31.4 Å². The molecule has 0 radical (unpaired) electrons. The van der Waals surface area contributed by atoms with Crippen LogP contribution in [0.1, 0.15) is 57.1 Å². The molecular weight excluding hydrogens is 241 g/mol. The summed E-state index contributed by atoms with van der Waals surface area (Å²) in [6, 6.07) is 4.61. The van der Waals surface area contributed by atoms with Crippen LogP contribution in [-0.4, -0.2) is 5.60 Å². The van der Waals surface area contributed by atoms with Crippen LogP contribution in [0.25, 0.3) is 0 Å². The molecule has 2 aliphatic rings. The van der Waals surface area contributed by atoms with E-state index in [1.54, 1.807) is 6.07 Å². The summed E-state index contributed by atoms with van der Waals surface area (Å²) < 4.78 is 19.5. The van der Waals surface area contributed by atoms with E-state index in [4.69, 9.17) is 10.5 Å². The van der Waals surface area contributed by atoms with E-state index in [2.05, 4.69) is 6.92 Å². The third kappa shape index (κ3) is 2.36. The fourth-order valence-electron chi connectivity index (χ4n) is 3.61. The Morgan fingerprint density at radius 3 is 2.79 bits per heavy atom. The topological polar surface area (TPSA) is 35.2 Å². The minimum absolute atomic E-state index is 0.0994. The van der Waals surface area contributed by atoms with Gasteiger partial charge < -0.3 is 10.5 Å². The molecule has 3 heteroatoms. The zero-order valence-electron chi connectivity index (χ0n) is 11.5. The molecule has 104 valence electrons. The summed E-state index contributed by atoms with van der Waals surface area (Å²) >= 11 is 0. The summed E-state index contributed by atoms with van der Waals surface area (Å²) in [7, 11) is 0. The molecule has 1 aromatic rings. The second-order valence-electron chi connectivity index (χ2n) is 6.13. The van der Waals surface area contributed by atoms with Crippen molar-refractivity contribution in [3.8, 4) is 5.75 Å². The number of ether oxygens (including phenoxy) is 1. The van der Waals surface area contributed by atoms with Crippen LogP contribution in [0.3, 0.4) is 0 Å². The predicted molar refractivity (Wildman–Crippen MR) is 73.6 cm³/mol. The molecule has 0 aromatic heterocycles. The summed E-state index contributed by atoms with van der Waals surface area (Å²) in [4.78, 5) is 0. The van der Waals surface area contributed by atoms with Crippen LogP contribution >= 0.6 is 0 Å². The minimum Gasteiger partial charge on any atom is -0.487 e. The molecule has 2 nitrogen and oxygen atoms in total. The highest BCUT2D eigenvalue weighted by molar-refractivity contribution is 5.39. The minimum atomic E-state index is -0.233. The van der Waals surface area contributed by atoms with E-state index in [1.807, 2.05) is 0 Å². The zero-order chi connectivity index (χ0) is 13.5. The molecule has 1 saturated carbocycles. The van der Waals surface area contributed by atoms with Crippen molar-refractivity contribution in [2.24, 2.45) is 11.7 Å². The molecular formula is C16H22FNO. The predicted octanol–water partition coefficient (Wildman–Crippen LogP) is 3.95. The number of hydrogen-bond donors (Lipinski definition) is 1. The first-order chi connectivity index (χ1) is 9.12. The van der Waals surface area contributed by atoms with Crippen molar-refractivity contribution in [2.45, 2.75) is 57.1 Å². The Hall–Kier alpha value is -1.09. The van der Waals surface area contributed by atoms with Gasteiger partial charge in [0.25, 0.3) is 0 Å². The summed E-state index contributed by atoms with van der Waals surface area (Å²) in [5.41, 5.74) is 6.96. The molecule has 1 aliphatic carbocycles. The van der Waals surface area contributed by atoms with Gasteiger partial charge in [0.05, 0.1) is 0 Å². The van der Waals surface area contributed by atoms with Crippen molar-refractivity contribution >= 4 is 0 Å². The molecule has 0 amide bonds. The van der Waals surface area contributed by atoms with Gasteiger partial charge in [-0.2, -0.15) is 0 Å². The molecule has 1 fully saturated rings. The highest BCUT2D eigenvalue weighted by Gasteiger charge is 2.42. The highest BCUT2D eigenvalue weighted by atomic mass is 19.1. The fourth-order valence-corrected chi connectivity index (χ4v) is 3.61. The lowest BCUT2D eigenvalue weighted by Crippen LogP contribution is -2.45. The van der Waals surface area contributed by atoms with E-state index in [-0.39, 0.29) is 17.5 Å². The fraction of sp³-hybridized carbons (Fsp3) is 0.625. The second-order valence-corrected chi connectivity index (χ2v) is 6.13. The van der Waals surface area contributed by atoms with Gasteiger partial charge in [-0.1, -0.05) is 13.3 Å². The second kappa shape index (κ2) is 4.78. The molecule has 0 unspecified atom stereocenters. The van der Waals surface area contributed by atoms with Gasteiger partial charge in [-0.15, -0.1) is 0 Å². The van der Waals surface area contributed by atoms with E-state index in [0.29, 0.717) is 0 Å². The van der Waals surface area contributed by atoms with E-state index in [9.17, 15) is 4.39 Å². The molecule has 0 bridgehead atoms. The smallest absolute Gasteiger partial charge is 0.125 e. The Morgan fingerprint density at radius 1 is 1.37 bits per heavy atom. The van der Waals surface area contributed by atoms with E-state index in [0.717, 1.165) is 36.5 Å². The average Bonchev–Trinajstić information content (AvgIpc) is 2.41. The average molecular weight is 263 g/mol. The van der Waals surface area contributed by atoms with Crippen LogP contribution in [-0.2, 0) is 0 Å². The Labute approximate surface area is 114 Å². The van der Waals surface area contributed by atoms with Crippen molar-refractivity contribution < 1.29 is 9.13 Å². The number of rotatable bonds is 1. The van der Waals surface area contributed by atoms with Gasteiger partial charge in [0, 0.05) is 18.0 Å². The summed E-state index contributed by atoms with van der Waals surface area (Å²) in [5.74, 6) is 1.39. The summed E-state index contributed by atoms with van der Waals surface area (Å²) in [6.45, 7) is 2.26. The third-order valence-corrected chi connectivity index (χ3v) is 4.88. The first-order valence-electron chi connectivity index (χ1n) is 7.36.